The van der Waals surface area contributed by atoms with Gasteiger partial charge in [-0.2, -0.15) is 0 Å². The number of fused-ring (bicyclic) bond motifs is 1. The predicted molar refractivity (Wildman–Crippen MR) is 95.8 cm³/mol. The van der Waals surface area contributed by atoms with Gasteiger partial charge in [0.15, 0.2) is 0 Å². The minimum Gasteiger partial charge on any atom is -0.0891 e. The Morgan fingerprint density at radius 3 is 2.14 bits per heavy atom. The summed E-state index contributed by atoms with van der Waals surface area (Å²) >= 11 is 1.92. The van der Waals surface area contributed by atoms with Gasteiger partial charge in [0.2, 0.25) is 0 Å². The van der Waals surface area contributed by atoms with Crippen molar-refractivity contribution in [1.82, 2.24) is 0 Å². The zero-order chi connectivity index (χ0) is 15.3. The lowest BCUT2D eigenvalue weighted by molar-refractivity contribution is 0.357. The molecular weight excluding hydrogens is 284 g/mol. The zero-order valence-electron chi connectivity index (χ0n) is 13.3. The molecule has 0 saturated carbocycles. The summed E-state index contributed by atoms with van der Waals surface area (Å²) < 4.78 is 0. The standard InChI is InChI=1S/C21H20S/c1-21(2,3)20-15-10-4-5-12-17(15)22-18-13-7-9-14-8-6-11-16(20)19(14)18/h4-13,20H,1-3H3. The predicted octanol–water partition coefficient (Wildman–Crippen LogP) is 6.48. The number of benzene rings is 3. The van der Waals surface area contributed by atoms with Crippen LogP contribution < -0.4 is 0 Å². The van der Waals surface area contributed by atoms with Crippen LogP contribution in [0.15, 0.2) is 70.5 Å². The molecule has 4 rings (SSSR count). The van der Waals surface area contributed by atoms with Crippen LogP contribution in [0.3, 0.4) is 0 Å². The van der Waals surface area contributed by atoms with Crippen molar-refractivity contribution in [1.29, 1.82) is 0 Å². The Morgan fingerprint density at radius 2 is 1.36 bits per heavy atom. The van der Waals surface area contributed by atoms with Gasteiger partial charge >= 0.3 is 0 Å². The van der Waals surface area contributed by atoms with Crippen LogP contribution in [0.2, 0.25) is 0 Å². The van der Waals surface area contributed by atoms with Crippen molar-refractivity contribution in [3.8, 4) is 0 Å². The van der Waals surface area contributed by atoms with E-state index in [1.54, 1.807) is 0 Å². The quantitative estimate of drug-likeness (QED) is 0.458. The molecule has 3 aromatic rings. The maximum Gasteiger partial charge on any atom is 0.0203 e. The summed E-state index contributed by atoms with van der Waals surface area (Å²) in [6.45, 7) is 7.06. The smallest absolute Gasteiger partial charge is 0.0203 e. The second-order valence-electron chi connectivity index (χ2n) is 7.14. The Morgan fingerprint density at radius 1 is 0.727 bits per heavy atom. The van der Waals surface area contributed by atoms with E-state index in [0.29, 0.717) is 5.92 Å². The van der Waals surface area contributed by atoms with E-state index in [1.807, 2.05) is 11.8 Å². The summed E-state index contributed by atoms with van der Waals surface area (Å²) in [5.74, 6) is 0.420. The van der Waals surface area contributed by atoms with Gasteiger partial charge in [0.1, 0.15) is 0 Å². The lowest BCUT2D eigenvalue weighted by atomic mass is 9.71. The number of hydrogen-bond acceptors (Lipinski definition) is 1. The highest BCUT2D eigenvalue weighted by molar-refractivity contribution is 7.99. The molecule has 0 amide bonds. The summed E-state index contributed by atoms with van der Waals surface area (Å²) in [4.78, 5) is 2.78. The van der Waals surface area contributed by atoms with E-state index in [1.165, 1.54) is 31.7 Å². The average molecular weight is 304 g/mol. The van der Waals surface area contributed by atoms with Crippen LogP contribution in [0.25, 0.3) is 10.8 Å². The molecule has 0 fully saturated rings. The van der Waals surface area contributed by atoms with Gasteiger partial charge in [-0.15, -0.1) is 0 Å². The van der Waals surface area contributed by atoms with Gasteiger partial charge in [0, 0.05) is 15.7 Å². The molecule has 0 bridgehead atoms. The lowest BCUT2D eigenvalue weighted by Gasteiger charge is -2.32. The van der Waals surface area contributed by atoms with E-state index in [2.05, 4.69) is 81.4 Å². The normalized spacial score (nSPS) is 17.1. The molecule has 1 aliphatic rings. The van der Waals surface area contributed by atoms with Gasteiger partial charge < -0.3 is 0 Å². The lowest BCUT2D eigenvalue weighted by Crippen LogP contribution is -2.20. The summed E-state index contributed by atoms with van der Waals surface area (Å²) in [5, 5.41) is 2.79. The Hall–Kier alpha value is -1.73. The van der Waals surface area contributed by atoms with Crippen molar-refractivity contribution in [2.75, 3.05) is 0 Å². The first-order chi connectivity index (χ1) is 10.6. The minimum atomic E-state index is 0.183. The first kappa shape index (κ1) is 13.9. The Balaban J connectivity index is 2.14. The van der Waals surface area contributed by atoms with E-state index < -0.39 is 0 Å². The molecule has 0 nitrogen and oxygen atoms in total. The summed E-state index contributed by atoms with van der Waals surface area (Å²) in [7, 11) is 0. The summed E-state index contributed by atoms with van der Waals surface area (Å²) in [5.41, 5.74) is 3.12. The topological polar surface area (TPSA) is 0 Å². The van der Waals surface area contributed by atoms with E-state index in [-0.39, 0.29) is 5.41 Å². The molecule has 3 aromatic carbocycles. The minimum absolute atomic E-state index is 0.183. The van der Waals surface area contributed by atoms with E-state index in [0.717, 1.165) is 0 Å². The fourth-order valence-electron chi connectivity index (χ4n) is 3.69. The molecule has 1 heterocycles. The average Bonchev–Trinajstić information content (AvgIpc) is 2.62. The van der Waals surface area contributed by atoms with Gasteiger partial charge in [-0.25, -0.2) is 0 Å². The van der Waals surface area contributed by atoms with Gasteiger partial charge in [0.05, 0.1) is 0 Å². The van der Waals surface area contributed by atoms with Crippen molar-refractivity contribution in [3.63, 3.8) is 0 Å². The van der Waals surface area contributed by atoms with Gasteiger partial charge in [-0.1, -0.05) is 81.1 Å². The number of hydrogen-bond donors (Lipinski definition) is 0. The molecular formula is C21H20S. The first-order valence-corrected chi connectivity index (χ1v) is 8.66. The molecule has 0 radical (unpaired) electrons. The maximum absolute atomic E-state index is 2.35. The van der Waals surface area contributed by atoms with Crippen LogP contribution in [-0.2, 0) is 0 Å². The molecule has 0 aliphatic carbocycles. The van der Waals surface area contributed by atoms with Crippen LogP contribution in [0.1, 0.15) is 37.8 Å². The SMILES string of the molecule is CC(C)(C)C1c2ccccc2Sc2cccc3cccc1c23. The molecule has 0 spiro atoms. The zero-order valence-corrected chi connectivity index (χ0v) is 14.1. The van der Waals surface area contributed by atoms with E-state index in [4.69, 9.17) is 0 Å². The third-order valence-electron chi connectivity index (χ3n) is 4.53. The van der Waals surface area contributed by atoms with Gasteiger partial charge in [0.25, 0.3) is 0 Å². The van der Waals surface area contributed by atoms with Crippen LogP contribution in [0, 0.1) is 5.41 Å². The van der Waals surface area contributed by atoms with Crippen LogP contribution in [0.4, 0.5) is 0 Å². The maximum atomic E-state index is 2.35. The van der Waals surface area contributed by atoms with Crippen molar-refractivity contribution >= 4 is 22.5 Å². The third kappa shape index (κ3) is 2.07. The van der Waals surface area contributed by atoms with Crippen molar-refractivity contribution in [2.45, 2.75) is 36.5 Å². The molecule has 110 valence electrons. The monoisotopic (exact) mass is 304 g/mol. The first-order valence-electron chi connectivity index (χ1n) is 7.84. The van der Waals surface area contributed by atoms with Gasteiger partial charge in [-0.05, 0) is 39.4 Å². The van der Waals surface area contributed by atoms with Crippen molar-refractivity contribution in [3.05, 3.63) is 71.8 Å². The fraction of sp³-hybridized carbons (Fsp3) is 0.238. The molecule has 0 N–H and O–H groups in total. The van der Waals surface area contributed by atoms with Crippen LogP contribution >= 0.6 is 11.8 Å². The highest BCUT2D eigenvalue weighted by atomic mass is 32.2. The Bertz CT molecular complexity index is 850. The molecule has 1 aliphatic heterocycles. The van der Waals surface area contributed by atoms with Crippen LogP contribution in [-0.4, -0.2) is 0 Å². The third-order valence-corrected chi connectivity index (χ3v) is 5.68. The second-order valence-corrected chi connectivity index (χ2v) is 8.22. The summed E-state index contributed by atoms with van der Waals surface area (Å²) in [6.07, 6.45) is 0. The van der Waals surface area contributed by atoms with Crippen LogP contribution in [0.5, 0.6) is 0 Å². The van der Waals surface area contributed by atoms with Crippen molar-refractivity contribution < 1.29 is 0 Å². The number of rotatable bonds is 0. The Labute approximate surface area is 136 Å². The Kier molecular flexibility index (Phi) is 3.09. The highest BCUT2D eigenvalue weighted by Gasteiger charge is 2.33. The largest absolute Gasteiger partial charge is 0.0891 e. The molecule has 1 heteroatoms. The molecule has 0 aromatic heterocycles. The molecule has 1 unspecified atom stereocenters. The van der Waals surface area contributed by atoms with E-state index >= 15 is 0 Å². The molecule has 1 atom stereocenters. The molecule has 0 saturated heterocycles. The fourth-order valence-corrected chi connectivity index (χ4v) is 4.86. The molecule has 22 heavy (non-hydrogen) atoms. The second kappa shape index (κ2) is 4.89. The van der Waals surface area contributed by atoms with E-state index in [9.17, 15) is 0 Å². The van der Waals surface area contributed by atoms with Crippen molar-refractivity contribution in [2.24, 2.45) is 5.41 Å². The van der Waals surface area contributed by atoms with Gasteiger partial charge in [-0.3, -0.25) is 0 Å². The summed E-state index contributed by atoms with van der Waals surface area (Å²) in [6, 6.07) is 22.3. The highest BCUT2D eigenvalue weighted by Crippen LogP contribution is 2.51.